The van der Waals surface area contributed by atoms with Crippen molar-refractivity contribution < 1.29 is 38.2 Å². The Bertz CT molecular complexity index is 2370. The highest BCUT2D eigenvalue weighted by Gasteiger charge is 2.34. The number of nitrogens with zero attached hydrogens (tertiary/aromatic N) is 1. The number of fused-ring (bicyclic) bond motifs is 1. The number of thiophene rings is 1. The lowest BCUT2D eigenvalue weighted by molar-refractivity contribution is -0.116. The van der Waals surface area contributed by atoms with Crippen LogP contribution in [0.2, 0.25) is 0 Å². The van der Waals surface area contributed by atoms with Crippen molar-refractivity contribution in [3.63, 3.8) is 0 Å². The fraction of sp³-hybridized carbons (Fsp3) is 0.222. The van der Waals surface area contributed by atoms with E-state index in [1.807, 2.05) is 36.4 Å². The topological polar surface area (TPSA) is 152 Å². The van der Waals surface area contributed by atoms with E-state index in [0.717, 1.165) is 10.4 Å². The lowest BCUT2D eigenvalue weighted by Gasteiger charge is -2.30. The van der Waals surface area contributed by atoms with Gasteiger partial charge in [-0.15, -0.1) is 23.1 Å². The molecule has 3 N–H and O–H groups in total. The molecule has 2 heterocycles. The number of esters is 1. The van der Waals surface area contributed by atoms with Gasteiger partial charge in [0.2, 0.25) is 5.91 Å². The maximum atomic E-state index is 14.3. The molecule has 0 fully saturated rings. The molecule has 1 aromatic heterocycles. The van der Waals surface area contributed by atoms with Gasteiger partial charge in [0.05, 0.1) is 26.3 Å². The molecule has 4 aromatic carbocycles. The maximum absolute atomic E-state index is 14.3. The molecule has 5 aromatic rings. The number of ether oxygens (including phenoxy) is 3. The minimum atomic E-state index is -0.793. The molecular formula is C45H44N4O8S2. The van der Waals surface area contributed by atoms with Gasteiger partial charge in [-0.05, 0) is 92.4 Å². The van der Waals surface area contributed by atoms with Crippen molar-refractivity contribution in [2.75, 3.05) is 31.4 Å². The molecule has 1 unspecified atom stereocenters. The van der Waals surface area contributed by atoms with Crippen LogP contribution in [-0.2, 0) is 32.0 Å². The first-order valence-corrected chi connectivity index (χ1v) is 20.4. The van der Waals surface area contributed by atoms with Crippen molar-refractivity contribution in [3.8, 4) is 5.75 Å². The predicted molar refractivity (Wildman–Crippen MR) is 230 cm³/mol. The van der Waals surface area contributed by atoms with E-state index in [0.29, 0.717) is 51.0 Å². The van der Waals surface area contributed by atoms with Crippen LogP contribution in [0.1, 0.15) is 68.3 Å². The Morgan fingerprint density at radius 3 is 2.25 bits per heavy atom. The van der Waals surface area contributed by atoms with E-state index in [-0.39, 0.29) is 17.8 Å². The smallest absolute Gasteiger partial charge is 0.410 e. The van der Waals surface area contributed by atoms with Crippen LogP contribution < -0.4 is 20.7 Å². The van der Waals surface area contributed by atoms with Crippen LogP contribution in [-0.4, -0.2) is 61.0 Å². The first-order valence-electron chi connectivity index (χ1n) is 18.7. The fourth-order valence-corrected chi connectivity index (χ4v) is 8.53. The van der Waals surface area contributed by atoms with Gasteiger partial charge in [0.1, 0.15) is 27.3 Å². The molecule has 1 aliphatic heterocycles. The van der Waals surface area contributed by atoms with Gasteiger partial charge in [-0.25, -0.2) is 9.59 Å². The van der Waals surface area contributed by atoms with Gasteiger partial charge in [0.25, 0.3) is 11.8 Å². The van der Waals surface area contributed by atoms with E-state index in [4.69, 9.17) is 14.2 Å². The fourth-order valence-electron chi connectivity index (χ4n) is 6.19. The first-order chi connectivity index (χ1) is 28.3. The predicted octanol–water partition coefficient (Wildman–Crippen LogP) is 8.72. The van der Waals surface area contributed by atoms with E-state index < -0.39 is 40.6 Å². The Morgan fingerprint density at radius 1 is 0.847 bits per heavy atom. The number of benzene rings is 4. The number of anilines is 2. The highest BCUT2D eigenvalue weighted by molar-refractivity contribution is 8.00. The summed E-state index contributed by atoms with van der Waals surface area (Å²) in [5.41, 5.74) is 2.46. The Morgan fingerprint density at radius 2 is 1.56 bits per heavy atom. The Labute approximate surface area is 350 Å². The molecule has 1 atom stereocenters. The number of hydrogen-bond acceptors (Lipinski definition) is 10. The lowest BCUT2D eigenvalue weighted by Crippen LogP contribution is -2.39. The Hall–Kier alpha value is -6.38. The van der Waals surface area contributed by atoms with E-state index in [9.17, 15) is 24.0 Å². The summed E-state index contributed by atoms with van der Waals surface area (Å²) in [6.45, 7) is 5.96. The Kier molecular flexibility index (Phi) is 13.5. The molecule has 0 saturated carbocycles. The van der Waals surface area contributed by atoms with Crippen LogP contribution in [0.3, 0.4) is 0 Å². The van der Waals surface area contributed by atoms with E-state index in [1.54, 1.807) is 112 Å². The number of amides is 4. The van der Waals surface area contributed by atoms with Gasteiger partial charge in [0.15, 0.2) is 0 Å². The van der Waals surface area contributed by atoms with E-state index in [1.165, 1.54) is 30.2 Å². The maximum Gasteiger partial charge on any atom is 0.410 e. The quantitative estimate of drug-likeness (QED) is 0.0637. The largest absolute Gasteiger partial charge is 0.497 e. The third-order valence-electron chi connectivity index (χ3n) is 8.95. The summed E-state index contributed by atoms with van der Waals surface area (Å²) in [6, 6.07) is 31.9. The molecule has 304 valence electrons. The zero-order chi connectivity index (χ0) is 42.1. The monoisotopic (exact) mass is 832 g/mol. The summed E-state index contributed by atoms with van der Waals surface area (Å²) in [5.74, 6) is -1.43. The number of nitrogens with one attached hydrogen (secondary N) is 3. The summed E-state index contributed by atoms with van der Waals surface area (Å²) in [4.78, 5) is 70.5. The summed E-state index contributed by atoms with van der Waals surface area (Å²) in [7, 11) is 2.83. The molecule has 1 aliphatic rings. The second-order valence-corrected chi connectivity index (χ2v) is 16.7. The molecule has 0 aliphatic carbocycles. The van der Waals surface area contributed by atoms with Crippen molar-refractivity contribution in [3.05, 3.63) is 148 Å². The number of carbonyl (C=O) groups excluding carboxylic acids is 5. The number of rotatable bonds is 12. The van der Waals surface area contributed by atoms with Crippen LogP contribution >= 0.6 is 23.1 Å². The average molecular weight is 833 g/mol. The van der Waals surface area contributed by atoms with Gasteiger partial charge in [-0.2, -0.15) is 0 Å². The van der Waals surface area contributed by atoms with Crippen LogP contribution in [0.5, 0.6) is 5.75 Å². The molecule has 0 saturated heterocycles. The van der Waals surface area contributed by atoms with Crippen LogP contribution in [0.25, 0.3) is 6.08 Å². The summed E-state index contributed by atoms with van der Waals surface area (Å²) < 4.78 is 16.1. The minimum absolute atomic E-state index is 0.000900. The number of methoxy groups -OCH3 is 2. The molecule has 0 radical (unpaired) electrons. The molecule has 0 spiro atoms. The minimum Gasteiger partial charge on any atom is -0.497 e. The standard InChI is InChI=1S/C45H44N4O8S2/c1-45(2,3)57-44(54)49-23-22-34-36(27-49)59-42(37(34)43(53)56-5)48-41(52)38(29-15-8-6-9-16-29)58-33-21-13-19-31(26-33)46-40(51)35(25-28-14-12-20-32(24-28)55-4)47-39(50)30-17-10-7-11-18-30/h6-21,24-26,38H,22-23,27H2,1-5H3,(H,46,51)(H,47,50)(H,48,52)/b35-25-. The third-order valence-corrected chi connectivity index (χ3v) is 11.3. The summed E-state index contributed by atoms with van der Waals surface area (Å²) in [6.07, 6.45) is 1.49. The molecular weight excluding hydrogens is 789 g/mol. The molecule has 4 amide bonds. The van der Waals surface area contributed by atoms with Crippen LogP contribution in [0.15, 0.2) is 120 Å². The Balaban J connectivity index is 1.24. The van der Waals surface area contributed by atoms with Crippen molar-refractivity contribution in [1.29, 1.82) is 0 Å². The van der Waals surface area contributed by atoms with Crippen molar-refractivity contribution >= 4 is 69.6 Å². The summed E-state index contributed by atoms with van der Waals surface area (Å²) in [5, 5.41) is 8.19. The zero-order valence-electron chi connectivity index (χ0n) is 33.2. The molecule has 12 nitrogen and oxygen atoms in total. The normalized spacial score (nSPS) is 13.0. The molecule has 0 bridgehead atoms. The van der Waals surface area contributed by atoms with Gasteiger partial charge in [0, 0.05) is 27.6 Å². The van der Waals surface area contributed by atoms with Crippen LogP contribution in [0.4, 0.5) is 15.5 Å². The molecule has 59 heavy (non-hydrogen) atoms. The van der Waals surface area contributed by atoms with Crippen LogP contribution in [0, 0.1) is 0 Å². The highest BCUT2D eigenvalue weighted by atomic mass is 32.2. The van der Waals surface area contributed by atoms with Crippen molar-refractivity contribution in [1.82, 2.24) is 10.2 Å². The van der Waals surface area contributed by atoms with Crippen molar-refractivity contribution in [2.24, 2.45) is 0 Å². The van der Waals surface area contributed by atoms with Gasteiger partial charge in [-0.1, -0.05) is 66.7 Å². The van der Waals surface area contributed by atoms with Gasteiger partial charge >= 0.3 is 12.1 Å². The second-order valence-electron chi connectivity index (χ2n) is 14.4. The third kappa shape index (κ3) is 11.0. The van der Waals surface area contributed by atoms with Gasteiger partial charge in [-0.3, -0.25) is 14.4 Å². The first kappa shape index (κ1) is 42.2. The molecule has 14 heteroatoms. The summed E-state index contributed by atoms with van der Waals surface area (Å²) >= 11 is 2.48. The van der Waals surface area contributed by atoms with E-state index in [2.05, 4.69) is 16.0 Å². The number of carbonyl (C=O) groups is 5. The second kappa shape index (κ2) is 18.9. The highest BCUT2D eigenvalue weighted by Crippen LogP contribution is 2.41. The zero-order valence-corrected chi connectivity index (χ0v) is 34.8. The molecule has 6 rings (SSSR count). The van der Waals surface area contributed by atoms with Crippen molar-refractivity contribution in [2.45, 2.75) is 49.5 Å². The lowest BCUT2D eigenvalue weighted by atomic mass is 10.0. The number of hydrogen-bond donors (Lipinski definition) is 3. The van der Waals surface area contributed by atoms with E-state index >= 15 is 0 Å². The average Bonchev–Trinajstić information content (AvgIpc) is 3.59. The SMILES string of the molecule is COC(=O)c1c(NC(=O)C(Sc2cccc(NC(=O)/C(=C/c3cccc(OC)c3)NC(=O)c3ccccc3)c2)c2ccccc2)sc2c1CCN(C(=O)OC(C)(C)C)C2. The number of thioether (sulfide) groups is 1. The van der Waals surface area contributed by atoms with Gasteiger partial charge < -0.3 is 35.1 Å².